The topological polar surface area (TPSA) is 50.7 Å². The maximum absolute atomic E-state index is 9.84. The maximum atomic E-state index is 9.84. The third-order valence-electron chi connectivity index (χ3n) is 3.21. The van der Waals surface area contributed by atoms with Crippen molar-refractivity contribution < 1.29 is 14.6 Å². The first-order valence-electron chi connectivity index (χ1n) is 6.96. The molecule has 0 radical (unpaired) electrons. The lowest BCUT2D eigenvalue weighted by Crippen LogP contribution is -2.27. The molecule has 1 aromatic carbocycles. The maximum Gasteiger partial charge on any atom is 0.0945 e. The van der Waals surface area contributed by atoms with E-state index in [1.807, 2.05) is 24.3 Å². The molecule has 0 aromatic heterocycles. The first-order valence-corrected chi connectivity index (χ1v) is 6.96. The van der Waals surface area contributed by atoms with Crippen LogP contribution in [0.4, 0.5) is 5.69 Å². The van der Waals surface area contributed by atoms with Crippen molar-refractivity contribution in [3.05, 3.63) is 29.8 Å². The van der Waals surface area contributed by atoms with Gasteiger partial charge >= 0.3 is 0 Å². The number of hydrogen-bond acceptors (Lipinski definition) is 4. The average molecular weight is 275 g/mol. The molecule has 0 amide bonds. The monoisotopic (exact) mass is 275 g/mol. The predicted molar refractivity (Wildman–Crippen MR) is 78.7 cm³/mol. The lowest BCUT2D eigenvalue weighted by molar-refractivity contribution is -0.0137. The first-order chi connectivity index (χ1) is 9.78. The minimum Gasteiger partial charge on any atom is -0.389 e. The Balaban J connectivity index is 1.64. The fourth-order valence-electron chi connectivity index (χ4n) is 2.12. The number of nitrogens with one attached hydrogen (secondary N) is 1. The SMILES string of the molecule is C#Cc1cccc(NCC(O)COCC2CCCO2)c1. The molecule has 108 valence electrons. The fraction of sp³-hybridized carbons (Fsp3) is 0.500. The van der Waals surface area contributed by atoms with Gasteiger partial charge in [0, 0.05) is 24.4 Å². The van der Waals surface area contributed by atoms with Gasteiger partial charge in [0.25, 0.3) is 0 Å². The number of terminal acetylenes is 1. The van der Waals surface area contributed by atoms with Crippen LogP contribution >= 0.6 is 0 Å². The van der Waals surface area contributed by atoms with Gasteiger partial charge in [-0.1, -0.05) is 12.0 Å². The molecule has 2 unspecified atom stereocenters. The minimum atomic E-state index is -0.550. The van der Waals surface area contributed by atoms with E-state index in [4.69, 9.17) is 15.9 Å². The summed E-state index contributed by atoms with van der Waals surface area (Å²) < 4.78 is 10.9. The van der Waals surface area contributed by atoms with E-state index in [9.17, 15) is 5.11 Å². The molecule has 2 rings (SSSR count). The summed E-state index contributed by atoms with van der Waals surface area (Å²) in [6, 6.07) is 7.55. The molecule has 4 heteroatoms. The van der Waals surface area contributed by atoms with Crippen molar-refractivity contribution in [2.75, 3.05) is 31.7 Å². The zero-order valence-electron chi connectivity index (χ0n) is 11.5. The Morgan fingerprint density at radius 2 is 2.45 bits per heavy atom. The molecule has 0 spiro atoms. The van der Waals surface area contributed by atoms with Crippen molar-refractivity contribution in [1.29, 1.82) is 0 Å². The molecule has 1 fully saturated rings. The van der Waals surface area contributed by atoms with Crippen LogP contribution in [0.25, 0.3) is 0 Å². The molecule has 0 aliphatic carbocycles. The Hall–Kier alpha value is -1.54. The molecule has 1 aromatic rings. The lowest BCUT2D eigenvalue weighted by atomic mass is 10.2. The zero-order valence-corrected chi connectivity index (χ0v) is 11.5. The van der Waals surface area contributed by atoms with Crippen molar-refractivity contribution in [2.45, 2.75) is 25.0 Å². The van der Waals surface area contributed by atoms with Gasteiger partial charge in [-0.25, -0.2) is 0 Å². The van der Waals surface area contributed by atoms with Crippen LogP contribution in [0.2, 0.25) is 0 Å². The smallest absolute Gasteiger partial charge is 0.0945 e. The number of ether oxygens (including phenoxy) is 2. The number of benzene rings is 1. The van der Waals surface area contributed by atoms with Gasteiger partial charge in [0.1, 0.15) is 0 Å². The summed E-state index contributed by atoms with van der Waals surface area (Å²) in [5.74, 6) is 2.58. The Kier molecular flexibility index (Phi) is 5.87. The molecule has 20 heavy (non-hydrogen) atoms. The van der Waals surface area contributed by atoms with Crippen LogP contribution in [0, 0.1) is 12.3 Å². The largest absolute Gasteiger partial charge is 0.389 e. The Morgan fingerprint density at radius 3 is 3.20 bits per heavy atom. The van der Waals surface area contributed by atoms with E-state index in [0.29, 0.717) is 19.8 Å². The van der Waals surface area contributed by atoms with E-state index in [0.717, 1.165) is 30.7 Å². The van der Waals surface area contributed by atoms with Crippen molar-refractivity contribution in [1.82, 2.24) is 0 Å². The van der Waals surface area contributed by atoms with Crippen LogP contribution in [-0.2, 0) is 9.47 Å². The summed E-state index contributed by atoms with van der Waals surface area (Å²) >= 11 is 0. The highest BCUT2D eigenvalue weighted by Gasteiger charge is 2.16. The Morgan fingerprint density at radius 1 is 1.55 bits per heavy atom. The van der Waals surface area contributed by atoms with Crippen molar-refractivity contribution in [3.8, 4) is 12.3 Å². The normalized spacial score (nSPS) is 19.5. The minimum absolute atomic E-state index is 0.197. The average Bonchev–Trinajstić information content (AvgIpc) is 2.98. The van der Waals surface area contributed by atoms with E-state index in [-0.39, 0.29) is 6.10 Å². The van der Waals surface area contributed by atoms with Crippen LogP contribution in [0.1, 0.15) is 18.4 Å². The molecule has 0 saturated carbocycles. The second kappa shape index (κ2) is 7.91. The molecule has 0 bridgehead atoms. The molecular formula is C16H21NO3. The van der Waals surface area contributed by atoms with E-state index in [1.165, 1.54) is 0 Å². The number of anilines is 1. The molecule has 2 atom stereocenters. The van der Waals surface area contributed by atoms with Crippen LogP contribution in [0.15, 0.2) is 24.3 Å². The van der Waals surface area contributed by atoms with Crippen molar-refractivity contribution in [2.24, 2.45) is 0 Å². The van der Waals surface area contributed by atoms with E-state index in [2.05, 4.69) is 11.2 Å². The Labute approximate surface area is 120 Å². The number of rotatable bonds is 7. The van der Waals surface area contributed by atoms with E-state index < -0.39 is 6.10 Å². The third kappa shape index (κ3) is 4.86. The van der Waals surface area contributed by atoms with Gasteiger partial charge in [-0.3, -0.25) is 0 Å². The summed E-state index contributed by atoms with van der Waals surface area (Å²) in [7, 11) is 0. The van der Waals surface area contributed by atoms with Gasteiger partial charge in [0.05, 0.1) is 25.4 Å². The van der Waals surface area contributed by atoms with Crippen LogP contribution in [-0.4, -0.2) is 43.7 Å². The summed E-state index contributed by atoms with van der Waals surface area (Å²) in [5.41, 5.74) is 1.72. The molecule has 1 heterocycles. The summed E-state index contributed by atoms with van der Waals surface area (Å²) in [4.78, 5) is 0. The second-order valence-electron chi connectivity index (χ2n) is 4.93. The summed E-state index contributed by atoms with van der Waals surface area (Å²) in [6.07, 6.45) is 7.14. The highest BCUT2D eigenvalue weighted by atomic mass is 16.5. The number of hydrogen-bond donors (Lipinski definition) is 2. The molecule has 1 aliphatic rings. The van der Waals surface area contributed by atoms with E-state index >= 15 is 0 Å². The number of aliphatic hydroxyl groups is 1. The highest BCUT2D eigenvalue weighted by Crippen LogP contribution is 2.12. The van der Waals surface area contributed by atoms with Gasteiger partial charge in [0.15, 0.2) is 0 Å². The van der Waals surface area contributed by atoms with Gasteiger partial charge in [-0.05, 0) is 31.0 Å². The molecule has 1 saturated heterocycles. The summed E-state index contributed by atoms with van der Waals surface area (Å²) in [6.45, 7) is 2.12. The molecule has 4 nitrogen and oxygen atoms in total. The summed E-state index contributed by atoms with van der Waals surface area (Å²) in [5, 5.41) is 13.0. The fourth-order valence-corrected chi connectivity index (χ4v) is 2.12. The van der Waals surface area contributed by atoms with Gasteiger partial charge in [0.2, 0.25) is 0 Å². The van der Waals surface area contributed by atoms with Gasteiger partial charge in [-0.2, -0.15) is 0 Å². The van der Waals surface area contributed by atoms with Crippen LogP contribution in [0.3, 0.4) is 0 Å². The van der Waals surface area contributed by atoms with Crippen molar-refractivity contribution >= 4 is 5.69 Å². The van der Waals surface area contributed by atoms with Crippen LogP contribution in [0.5, 0.6) is 0 Å². The quantitative estimate of drug-likeness (QED) is 0.743. The predicted octanol–water partition coefficient (Wildman–Crippen LogP) is 1.64. The van der Waals surface area contributed by atoms with E-state index in [1.54, 1.807) is 0 Å². The lowest BCUT2D eigenvalue weighted by Gasteiger charge is -2.15. The standard InChI is InChI=1S/C16H21NO3/c1-2-13-5-3-6-14(9-13)17-10-15(18)11-19-12-16-7-4-8-20-16/h1,3,5-6,9,15-18H,4,7-8,10-12H2. The van der Waals surface area contributed by atoms with Gasteiger partial charge < -0.3 is 19.9 Å². The van der Waals surface area contributed by atoms with Crippen molar-refractivity contribution in [3.63, 3.8) is 0 Å². The zero-order chi connectivity index (χ0) is 14.2. The number of aliphatic hydroxyl groups excluding tert-OH is 1. The van der Waals surface area contributed by atoms with Crippen LogP contribution < -0.4 is 5.32 Å². The third-order valence-corrected chi connectivity index (χ3v) is 3.21. The first kappa shape index (κ1) is 14.9. The van der Waals surface area contributed by atoms with Gasteiger partial charge in [-0.15, -0.1) is 6.42 Å². The molecule has 1 aliphatic heterocycles. The second-order valence-corrected chi connectivity index (χ2v) is 4.93. The highest BCUT2D eigenvalue weighted by molar-refractivity contribution is 5.49. The Bertz CT molecular complexity index is 449. The molecule has 2 N–H and O–H groups in total. The molecular weight excluding hydrogens is 254 g/mol.